The van der Waals surface area contributed by atoms with E-state index in [1.807, 2.05) is 0 Å². The number of amides is 1. The predicted molar refractivity (Wildman–Crippen MR) is 53.4 cm³/mol. The van der Waals surface area contributed by atoms with Gasteiger partial charge in [0.15, 0.2) is 0 Å². The highest BCUT2D eigenvalue weighted by molar-refractivity contribution is 7.85. The molecular weight excluding hydrogens is 260 g/mol. The molecule has 1 heterocycles. The molecule has 0 aromatic heterocycles. The third-order valence-electron chi connectivity index (χ3n) is 2.50. The van der Waals surface area contributed by atoms with Crippen molar-refractivity contribution in [3.8, 4) is 0 Å². The van der Waals surface area contributed by atoms with Gasteiger partial charge >= 0.3 is 6.09 Å². The molecule has 1 aliphatic rings. The summed E-state index contributed by atoms with van der Waals surface area (Å²) in [6.45, 7) is -1.61. The van der Waals surface area contributed by atoms with Crippen molar-refractivity contribution in [2.75, 3.05) is 26.0 Å². The van der Waals surface area contributed by atoms with Crippen LogP contribution < -0.4 is 0 Å². The fourth-order valence-corrected chi connectivity index (χ4v) is 1.97. The van der Waals surface area contributed by atoms with Gasteiger partial charge in [0, 0.05) is 6.54 Å². The maximum atomic E-state index is 13.5. The summed E-state index contributed by atoms with van der Waals surface area (Å²) in [5.41, 5.74) is 0. The molecule has 9 heteroatoms. The van der Waals surface area contributed by atoms with E-state index in [-0.39, 0.29) is 13.0 Å². The minimum absolute atomic E-state index is 0.0529. The molecule has 1 saturated heterocycles. The van der Waals surface area contributed by atoms with Gasteiger partial charge in [-0.15, -0.1) is 0 Å². The number of nitrogens with zero attached hydrogens (tertiary/aromatic N) is 1. The van der Waals surface area contributed by atoms with Crippen LogP contribution in [0, 0.1) is 5.92 Å². The van der Waals surface area contributed by atoms with Crippen LogP contribution >= 0.6 is 0 Å². The highest BCUT2D eigenvalue weighted by atomic mass is 32.2. The Bertz CT molecular complexity index is 397. The van der Waals surface area contributed by atoms with Gasteiger partial charge in [-0.25, -0.2) is 13.6 Å². The number of piperidine rings is 1. The second kappa shape index (κ2) is 4.73. The maximum absolute atomic E-state index is 13.5. The Kier molecular flexibility index (Phi) is 3.92. The quantitative estimate of drug-likeness (QED) is 0.761. The molecule has 1 rings (SSSR count). The van der Waals surface area contributed by atoms with Gasteiger partial charge in [0.05, 0.1) is 25.3 Å². The Morgan fingerprint density at radius 1 is 1.59 bits per heavy atom. The zero-order valence-electron chi connectivity index (χ0n) is 9.10. The average molecular weight is 273 g/mol. The van der Waals surface area contributed by atoms with E-state index in [1.54, 1.807) is 0 Å². The lowest BCUT2D eigenvalue weighted by atomic mass is 9.94. The minimum Gasteiger partial charge on any atom is -0.465 e. The number of alkyl halides is 2. The first-order valence-electron chi connectivity index (χ1n) is 4.82. The second-order valence-electron chi connectivity index (χ2n) is 3.94. The molecule has 1 fully saturated rings. The van der Waals surface area contributed by atoms with Crippen molar-refractivity contribution in [1.29, 1.82) is 0 Å². The monoisotopic (exact) mass is 273 g/mol. The van der Waals surface area contributed by atoms with Gasteiger partial charge in [0.2, 0.25) is 0 Å². The molecular formula is C8H13F2NO5S. The summed E-state index contributed by atoms with van der Waals surface area (Å²) >= 11 is 0. The molecule has 1 atom stereocenters. The van der Waals surface area contributed by atoms with Crippen LogP contribution in [0.25, 0.3) is 0 Å². The van der Waals surface area contributed by atoms with E-state index in [4.69, 9.17) is 5.11 Å². The highest BCUT2D eigenvalue weighted by Crippen LogP contribution is 2.33. The average Bonchev–Trinajstić information content (AvgIpc) is 2.12. The van der Waals surface area contributed by atoms with E-state index in [2.05, 4.69) is 4.18 Å². The SMILES string of the molecule is CS(=O)(=O)OCC1CCN(C(=O)O)CC1(F)F. The predicted octanol–water partition coefficient (Wildman–Crippen LogP) is 0.598. The fraction of sp³-hybridized carbons (Fsp3) is 0.875. The Hall–Kier alpha value is -0.960. The fourth-order valence-electron chi connectivity index (χ4n) is 1.56. The molecule has 0 aromatic carbocycles. The van der Waals surface area contributed by atoms with Gasteiger partial charge in [0.25, 0.3) is 16.0 Å². The van der Waals surface area contributed by atoms with Crippen molar-refractivity contribution in [1.82, 2.24) is 4.90 Å². The van der Waals surface area contributed by atoms with Gasteiger partial charge in [-0.05, 0) is 6.42 Å². The number of hydrogen-bond donors (Lipinski definition) is 1. The summed E-state index contributed by atoms with van der Waals surface area (Å²) in [5, 5.41) is 8.58. The Morgan fingerprint density at radius 2 is 2.18 bits per heavy atom. The Morgan fingerprint density at radius 3 is 2.59 bits per heavy atom. The van der Waals surface area contributed by atoms with Crippen LogP contribution in [-0.4, -0.2) is 56.4 Å². The zero-order chi connectivity index (χ0) is 13.3. The van der Waals surface area contributed by atoms with Crippen LogP contribution in [0.1, 0.15) is 6.42 Å². The maximum Gasteiger partial charge on any atom is 0.407 e. The van der Waals surface area contributed by atoms with E-state index in [0.717, 1.165) is 6.26 Å². The first-order valence-corrected chi connectivity index (χ1v) is 6.63. The molecule has 0 aromatic rings. The Balaban J connectivity index is 2.62. The number of hydrogen-bond acceptors (Lipinski definition) is 4. The largest absolute Gasteiger partial charge is 0.465 e. The second-order valence-corrected chi connectivity index (χ2v) is 5.58. The third kappa shape index (κ3) is 4.08. The van der Waals surface area contributed by atoms with E-state index in [1.165, 1.54) is 0 Å². The van der Waals surface area contributed by atoms with Crippen LogP contribution in [0.2, 0.25) is 0 Å². The summed E-state index contributed by atoms with van der Waals surface area (Å²) in [5.74, 6) is -4.56. The number of halogens is 2. The summed E-state index contributed by atoms with van der Waals surface area (Å²) < 4.78 is 52.6. The lowest BCUT2D eigenvalue weighted by Crippen LogP contribution is -2.51. The van der Waals surface area contributed by atoms with E-state index < -0.39 is 41.2 Å². The van der Waals surface area contributed by atoms with Gasteiger partial charge < -0.3 is 10.0 Å². The highest BCUT2D eigenvalue weighted by Gasteiger charge is 2.46. The summed E-state index contributed by atoms with van der Waals surface area (Å²) in [6.07, 6.45) is -0.765. The third-order valence-corrected chi connectivity index (χ3v) is 3.06. The molecule has 1 aliphatic heterocycles. The van der Waals surface area contributed by atoms with Crippen molar-refractivity contribution in [3.63, 3.8) is 0 Å². The van der Waals surface area contributed by atoms with Crippen molar-refractivity contribution in [3.05, 3.63) is 0 Å². The van der Waals surface area contributed by atoms with Crippen LogP contribution in [0.5, 0.6) is 0 Å². The smallest absolute Gasteiger partial charge is 0.407 e. The van der Waals surface area contributed by atoms with Gasteiger partial charge in [-0.2, -0.15) is 8.42 Å². The number of carbonyl (C=O) groups is 1. The molecule has 1 unspecified atom stereocenters. The van der Waals surface area contributed by atoms with E-state index in [0.29, 0.717) is 4.90 Å². The number of carboxylic acid groups (broad SMARTS) is 1. The van der Waals surface area contributed by atoms with Gasteiger partial charge in [-0.3, -0.25) is 4.18 Å². The van der Waals surface area contributed by atoms with Crippen LogP contribution in [-0.2, 0) is 14.3 Å². The molecule has 1 N–H and O–H groups in total. The zero-order valence-corrected chi connectivity index (χ0v) is 9.91. The first-order chi connectivity index (χ1) is 7.62. The van der Waals surface area contributed by atoms with Gasteiger partial charge in [0.1, 0.15) is 0 Å². The summed E-state index contributed by atoms with van der Waals surface area (Å²) in [6, 6.07) is 0. The molecule has 6 nitrogen and oxygen atoms in total. The van der Waals surface area contributed by atoms with E-state index >= 15 is 0 Å². The van der Waals surface area contributed by atoms with Crippen LogP contribution in [0.4, 0.5) is 13.6 Å². The van der Waals surface area contributed by atoms with Crippen molar-refractivity contribution in [2.24, 2.45) is 5.92 Å². The lowest BCUT2D eigenvalue weighted by Gasteiger charge is -2.36. The van der Waals surface area contributed by atoms with Crippen LogP contribution in [0.15, 0.2) is 0 Å². The minimum atomic E-state index is -3.77. The number of likely N-dealkylation sites (tertiary alicyclic amines) is 1. The first kappa shape index (κ1) is 14.1. The molecule has 0 aliphatic carbocycles. The number of rotatable bonds is 3. The summed E-state index contributed by atoms with van der Waals surface area (Å²) in [4.78, 5) is 11.1. The van der Waals surface area contributed by atoms with E-state index in [9.17, 15) is 22.0 Å². The topological polar surface area (TPSA) is 83.9 Å². The molecule has 100 valence electrons. The normalized spacial score (nSPS) is 24.6. The molecule has 1 amide bonds. The van der Waals surface area contributed by atoms with Crippen molar-refractivity contribution >= 4 is 16.2 Å². The molecule has 0 radical (unpaired) electrons. The molecule has 17 heavy (non-hydrogen) atoms. The Labute approximate surface area is 97.3 Å². The van der Waals surface area contributed by atoms with Crippen molar-refractivity contribution < 1.29 is 31.3 Å². The lowest BCUT2D eigenvalue weighted by molar-refractivity contribution is -0.114. The molecule has 0 bridgehead atoms. The van der Waals surface area contributed by atoms with Crippen LogP contribution in [0.3, 0.4) is 0 Å². The van der Waals surface area contributed by atoms with Gasteiger partial charge in [-0.1, -0.05) is 0 Å². The summed E-state index contributed by atoms with van der Waals surface area (Å²) in [7, 11) is -3.77. The molecule has 0 spiro atoms. The molecule has 0 saturated carbocycles. The van der Waals surface area contributed by atoms with Crippen molar-refractivity contribution in [2.45, 2.75) is 12.3 Å². The standard InChI is InChI=1S/C8H13F2NO5S/c1-17(14,15)16-4-6-2-3-11(7(12)13)5-8(6,9)10/h6H,2-5H2,1H3,(H,12,13).